The molecule has 3 aromatic rings. The van der Waals surface area contributed by atoms with Crippen molar-refractivity contribution in [3.05, 3.63) is 52.9 Å². The molecular weight excluding hydrogens is 430 g/mol. The first kappa shape index (κ1) is 22.4. The van der Waals surface area contributed by atoms with E-state index in [9.17, 15) is 9.59 Å². The fraction of sp³-hybridized carbons (Fsp3) is 0.462. The highest BCUT2D eigenvalue weighted by atomic mass is 16.5. The van der Waals surface area contributed by atoms with Crippen molar-refractivity contribution in [3.8, 4) is 11.3 Å². The topological polar surface area (TPSA) is 130 Å². The zero-order chi connectivity index (χ0) is 24.4. The molecule has 0 spiro atoms. The molecule has 6 rings (SSSR count). The summed E-state index contributed by atoms with van der Waals surface area (Å²) in [6.07, 6.45) is 3.72. The Bertz CT molecular complexity index is 1260. The lowest BCUT2D eigenvalue weighted by Gasteiger charge is -2.68. The smallest absolute Gasteiger partial charge is 0.254 e. The maximum Gasteiger partial charge on any atom is 0.254 e. The molecule has 3 fully saturated rings. The van der Waals surface area contributed by atoms with Crippen molar-refractivity contribution < 1.29 is 14.1 Å². The second kappa shape index (κ2) is 7.55. The summed E-state index contributed by atoms with van der Waals surface area (Å²) in [4.78, 5) is 25.0. The highest BCUT2D eigenvalue weighted by Gasteiger charge is 2.66. The Morgan fingerprint density at radius 1 is 1.15 bits per heavy atom. The zero-order valence-electron chi connectivity index (χ0n) is 20.1. The Kier molecular flexibility index (Phi) is 4.97. The number of hydrogen-bond donors (Lipinski definition) is 2. The zero-order valence-corrected chi connectivity index (χ0v) is 20.1. The summed E-state index contributed by atoms with van der Waals surface area (Å²) in [7, 11) is 0. The summed E-state index contributed by atoms with van der Waals surface area (Å²) >= 11 is 0. The summed E-state index contributed by atoms with van der Waals surface area (Å²) in [5.74, 6) is 0.00612. The Labute approximate surface area is 198 Å². The first-order chi connectivity index (χ1) is 16.0. The number of carbonyl (C=O) groups excluding carboxylic acids is 2. The number of Topliss-reactive ketones (excluding diaryl/α,β-unsaturated/α-hetero) is 1. The number of rotatable bonds is 8. The maximum atomic E-state index is 13.0. The van der Waals surface area contributed by atoms with Gasteiger partial charge in [0, 0.05) is 29.0 Å². The number of amides is 1. The number of primary amides is 1. The van der Waals surface area contributed by atoms with Crippen LogP contribution in [0.25, 0.3) is 11.3 Å². The van der Waals surface area contributed by atoms with Gasteiger partial charge < -0.3 is 16.0 Å². The van der Waals surface area contributed by atoms with E-state index in [1.165, 1.54) is 19.3 Å². The third-order valence-electron chi connectivity index (χ3n) is 7.60. The summed E-state index contributed by atoms with van der Waals surface area (Å²) in [5, 5.41) is 8.78. The number of ketones is 1. The van der Waals surface area contributed by atoms with E-state index < -0.39 is 5.91 Å². The Morgan fingerprint density at radius 3 is 2.35 bits per heavy atom. The molecule has 3 aliphatic rings. The van der Waals surface area contributed by atoms with Gasteiger partial charge in [-0.05, 0) is 44.1 Å². The predicted molar refractivity (Wildman–Crippen MR) is 128 cm³/mol. The monoisotopic (exact) mass is 461 g/mol. The molecule has 0 saturated heterocycles. The molecule has 34 heavy (non-hydrogen) atoms. The van der Waals surface area contributed by atoms with Crippen molar-refractivity contribution in [3.63, 3.8) is 0 Å². The van der Waals surface area contributed by atoms with Crippen LogP contribution in [0.1, 0.15) is 86.3 Å². The Morgan fingerprint density at radius 2 is 1.79 bits per heavy atom. The minimum atomic E-state index is -0.619. The van der Waals surface area contributed by atoms with Gasteiger partial charge in [-0.25, -0.2) is 4.68 Å². The van der Waals surface area contributed by atoms with E-state index in [4.69, 9.17) is 16.0 Å². The number of nitrogens with two attached hydrogens (primary N) is 2. The molecule has 2 bridgehead atoms. The average molecular weight is 462 g/mol. The fourth-order valence-corrected chi connectivity index (χ4v) is 5.94. The first-order valence-electron chi connectivity index (χ1n) is 11.8. The van der Waals surface area contributed by atoms with E-state index in [1.54, 1.807) is 4.68 Å². The van der Waals surface area contributed by atoms with Crippen molar-refractivity contribution >= 4 is 17.5 Å². The summed E-state index contributed by atoms with van der Waals surface area (Å²) in [5.41, 5.74) is 15.6. The van der Waals surface area contributed by atoms with Gasteiger partial charge in [0.25, 0.3) is 5.91 Å². The van der Waals surface area contributed by atoms with E-state index in [0.29, 0.717) is 16.9 Å². The third kappa shape index (κ3) is 3.43. The highest BCUT2D eigenvalue weighted by Crippen LogP contribution is 2.73. The van der Waals surface area contributed by atoms with Crippen molar-refractivity contribution in [2.24, 2.45) is 11.1 Å². The molecule has 3 aliphatic carbocycles. The van der Waals surface area contributed by atoms with Crippen LogP contribution in [0.2, 0.25) is 0 Å². The van der Waals surface area contributed by atoms with Crippen molar-refractivity contribution in [1.29, 1.82) is 0 Å². The van der Waals surface area contributed by atoms with Gasteiger partial charge in [-0.1, -0.05) is 43.3 Å². The number of nitrogens with zero attached hydrogens (tertiary/aromatic N) is 3. The highest BCUT2D eigenvalue weighted by molar-refractivity contribution is 6.03. The molecule has 0 aliphatic heterocycles. The normalized spacial score (nSPS) is 23.9. The summed E-state index contributed by atoms with van der Waals surface area (Å²) in [6, 6.07) is 9.39. The lowest BCUT2D eigenvalue weighted by molar-refractivity contribution is -0.129. The molecule has 4 N–H and O–H groups in total. The van der Waals surface area contributed by atoms with Crippen molar-refractivity contribution in [2.45, 2.75) is 70.8 Å². The molecule has 1 unspecified atom stereocenters. The van der Waals surface area contributed by atoms with Crippen molar-refractivity contribution in [2.75, 3.05) is 5.73 Å². The lowest BCUT2D eigenvalue weighted by Crippen LogP contribution is -2.63. The van der Waals surface area contributed by atoms with Crippen molar-refractivity contribution in [1.82, 2.24) is 14.9 Å². The Balaban J connectivity index is 1.30. The standard InChI is InChI=1S/C26H31N5O3/c1-14(2)31-23(27)21(24(28)33)22(29-31)17-7-5-16(6-8-17)15(3)19(32)9-18-10-20(30-34-18)26-11-25(4,12-26)13-26/h5-8,10,14-15H,9,11-13,27H2,1-4H3,(H2,28,33). The molecule has 1 aromatic carbocycles. The lowest BCUT2D eigenvalue weighted by atomic mass is 9.35. The number of hydrogen-bond acceptors (Lipinski definition) is 6. The van der Waals surface area contributed by atoms with Gasteiger partial charge in [-0.15, -0.1) is 0 Å². The van der Waals surface area contributed by atoms with Gasteiger partial charge in [0.05, 0.1) is 12.1 Å². The van der Waals surface area contributed by atoms with Crippen LogP contribution in [-0.4, -0.2) is 26.6 Å². The van der Waals surface area contributed by atoms with Crippen LogP contribution in [0.5, 0.6) is 0 Å². The van der Waals surface area contributed by atoms with Crippen LogP contribution >= 0.6 is 0 Å². The number of anilines is 1. The fourth-order valence-electron chi connectivity index (χ4n) is 5.94. The molecule has 178 valence electrons. The third-order valence-corrected chi connectivity index (χ3v) is 7.60. The summed E-state index contributed by atoms with van der Waals surface area (Å²) < 4.78 is 7.10. The molecule has 2 heterocycles. The number of nitrogen functional groups attached to an aromatic ring is 1. The van der Waals surface area contributed by atoms with Crippen LogP contribution in [0.4, 0.5) is 5.82 Å². The van der Waals surface area contributed by atoms with E-state index in [-0.39, 0.29) is 41.0 Å². The Hall–Kier alpha value is -3.42. The SMILES string of the molecule is CC(C(=O)Cc1cc(C23CC(C)(C2)C3)no1)c1ccc(-c2nn(C(C)C)c(N)c2C(N)=O)cc1. The second-order valence-corrected chi connectivity index (χ2v) is 10.8. The molecule has 8 heteroatoms. The largest absolute Gasteiger partial charge is 0.383 e. The molecule has 2 aromatic heterocycles. The van der Waals surface area contributed by atoms with Crippen LogP contribution in [0.3, 0.4) is 0 Å². The van der Waals surface area contributed by atoms with Gasteiger partial charge in [-0.2, -0.15) is 5.10 Å². The quantitative estimate of drug-likeness (QED) is 0.518. The van der Waals surface area contributed by atoms with E-state index in [1.807, 2.05) is 51.1 Å². The number of benzene rings is 1. The van der Waals surface area contributed by atoms with Gasteiger partial charge in [0.2, 0.25) is 0 Å². The first-order valence-corrected chi connectivity index (χ1v) is 11.8. The minimum absolute atomic E-state index is 0.0157. The molecule has 8 nitrogen and oxygen atoms in total. The van der Waals surface area contributed by atoms with E-state index >= 15 is 0 Å². The molecule has 1 amide bonds. The van der Waals surface area contributed by atoms with E-state index in [2.05, 4.69) is 17.2 Å². The van der Waals surface area contributed by atoms with Crippen LogP contribution < -0.4 is 11.5 Å². The van der Waals surface area contributed by atoms with Crippen LogP contribution in [0.15, 0.2) is 34.9 Å². The van der Waals surface area contributed by atoms with Crippen LogP contribution in [0, 0.1) is 5.41 Å². The average Bonchev–Trinajstić information content (AvgIpc) is 3.34. The van der Waals surface area contributed by atoms with Gasteiger partial charge in [0.15, 0.2) is 0 Å². The van der Waals surface area contributed by atoms with Gasteiger partial charge in [-0.3, -0.25) is 9.59 Å². The van der Waals surface area contributed by atoms with Gasteiger partial charge >= 0.3 is 0 Å². The molecular formula is C26H31N5O3. The molecule has 3 saturated carbocycles. The minimum Gasteiger partial charge on any atom is -0.383 e. The second-order valence-electron chi connectivity index (χ2n) is 10.8. The number of carbonyl (C=O) groups is 2. The molecule has 0 radical (unpaired) electrons. The summed E-state index contributed by atoms with van der Waals surface area (Å²) in [6.45, 7) is 8.06. The number of aromatic nitrogens is 3. The molecule has 1 atom stereocenters. The maximum absolute atomic E-state index is 13.0. The van der Waals surface area contributed by atoms with Gasteiger partial charge in [0.1, 0.15) is 28.6 Å². The van der Waals surface area contributed by atoms with Crippen LogP contribution in [-0.2, 0) is 16.6 Å². The predicted octanol–water partition coefficient (Wildman–Crippen LogP) is 4.16. The van der Waals surface area contributed by atoms with E-state index in [0.717, 1.165) is 16.8 Å².